The molecule has 0 saturated carbocycles. The number of aromatic nitrogens is 1. The van der Waals surface area contributed by atoms with E-state index in [9.17, 15) is 4.79 Å². The van der Waals surface area contributed by atoms with Crippen LogP contribution in [0.3, 0.4) is 0 Å². The van der Waals surface area contributed by atoms with Gasteiger partial charge in [0.25, 0.3) is 0 Å². The van der Waals surface area contributed by atoms with Crippen molar-refractivity contribution in [1.29, 1.82) is 0 Å². The zero-order valence-corrected chi connectivity index (χ0v) is 12.3. The van der Waals surface area contributed by atoms with Gasteiger partial charge in [-0.25, -0.2) is 4.98 Å². The molecule has 19 heavy (non-hydrogen) atoms. The lowest BCUT2D eigenvalue weighted by molar-refractivity contribution is -0.111. The number of nitrogens with one attached hydrogen (secondary N) is 1. The molecule has 1 aromatic heterocycles. The van der Waals surface area contributed by atoms with Gasteiger partial charge in [0.15, 0.2) is 5.13 Å². The van der Waals surface area contributed by atoms with Crippen LogP contribution < -0.4 is 5.32 Å². The van der Waals surface area contributed by atoms with Crippen molar-refractivity contribution in [3.63, 3.8) is 0 Å². The third-order valence-electron chi connectivity index (χ3n) is 2.16. The van der Waals surface area contributed by atoms with Crippen molar-refractivity contribution in [2.75, 3.05) is 5.32 Å². The topological polar surface area (TPSA) is 42.0 Å². The zero-order chi connectivity index (χ0) is 13.8. The molecule has 3 nitrogen and oxygen atoms in total. The monoisotopic (exact) mass is 312 g/mol. The first kappa shape index (κ1) is 14.1. The minimum absolute atomic E-state index is 0.245. The number of aryl methyl sites for hydroxylation is 1. The second-order valence-corrected chi connectivity index (χ2v) is 5.91. The van der Waals surface area contributed by atoms with Gasteiger partial charge in [0.05, 0.1) is 0 Å². The number of carbonyl (C=O) groups is 1. The molecule has 2 aromatic rings. The summed E-state index contributed by atoms with van der Waals surface area (Å²) in [7, 11) is 0. The Bertz CT molecular complexity index is 617. The van der Waals surface area contributed by atoms with Gasteiger partial charge in [-0.1, -0.05) is 23.2 Å². The lowest BCUT2D eigenvalue weighted by Crippen LogP contribution is -2.07. The van der Waals surface area contributed by atoms with Crippen LogP contribution in [-0.2, 0) is 4.79 Å². The molecular formula is C13H10Cl2N2OS. The summed E-state index contributed by atoms with van der Waals surface area (Å²) in [6.07, 6.45) is 4.77. The molecule has 1 heterocycles. The number of hydrogen-bond acceptors (Lipinski definition) is 3. The highest BCUT2D eigenvalue weighted by molar-refractivity contribution is 7.15. The first-order chi connectivity index (χ1) is 9.02. The predicted molar refractivity (Wildman–Crippen MR) is 81.0 cm³/mol. The van der Waals surface area contributed by atoms with Gasteiger partial charge in [0, 0.05) is 27.2 Å². The van der Waals surface area contributed by atoms with Crippen LogP contribution in [0, 0.1) is 6.92 Å². The minimum Gasteiger partial charge on any atom is -0.298 e. The van der Waals surface area contributed by atoms with Crippen LogP contribution in [-0.4, -0.2) is 10.9 Å². The smallest absolute Gasteiger partial charge is 0.250 e. The number of halogens is 2. The van der Waals surface area contributed by atoms with Crippen molar-refractivity contribution in [2.24, 2.45) is 0 Å². The van der Waals surface area contributed by atoms with Crippen LogP contribution in [0.1, 0.15) is 10.4 Å². The quantitative estimate of drug-likeness (QED) is 0.853. The molecule has 1 aromatic carbocycles. The predicted octanol–water partition coefficient (Wildman–Crippen LogP) is 4.41. The highest BCUT2D eigenvalue weighted by Crippen LogP contribution is 2.20. The fourth-order valence-corrected chi connectivity index (χ4v) is 2.61. The average Bonchev–Trinajstić information content (AvgIpc) is 2.71. The molecule has 0 radical (unpaired) electrons. The number of nitrogens with zero attached hydrogens (tertiary/aromatic N) is 1. The number of benzene rings is 1. The summed E-state index contributed by atoms with van der Waals surface area (Å²) in [4.78, 5) is 16.8. The third-order valence-corrected chi connectivity index (χ3v) is 3.43. The van der Waals surface area contributed by atoms with Crippen LogP contribution in [0.5, 0.6) is 0 Å². The lowest BCUT2D eigenvalue weighted by Gasteiger charge is -1.98. The van der Waals surface area contributed by atoms with Gasteiger partial charge in [-0.3, -0.25) is 10.1 Å². The maximum absolute atomic E-state index is 11.7. The summed E-state index contributed by atoms with van der Waals surface area (Å²) in [6.45, 7) is 1.93. The SMILES string of the molecule is Cc1cnc(NC(=O)/C=C/c2cc(Cl)cc(Cl)c2)s1. The highest BCUT2D eigenvalue weighted by atomic mass is 35.5. The molecule has 0 atom stereocenters. The van der Waals surface area contributed by atoms with Crippen molar-refractivity contribution in [1.82, 2.24) is 4.98 Å². The second kappa shape index (κ2) is 6.19. The number of carbonyl (C=O) groups excluding carboxylic acids is 1. The Balaban J connectivity index is 2.03. The van der Waals surface area contributed by atoms with E-state index in [4.69, 9.17) is 23.2 Å². The van der Waals surface area contributed by atoms with Crippen LogP contribution in [0.15, 0.2) is 30.5 Å². The van der Waals surface area contributed by atoms with E-state index in [2.05, 4.69) is 10.3 Å². The molecule has 1 N–H and O–H groups in total. The van der Waals surface area contributed by atoms with E-state index in [1.165, 1.54) is 17.4 Å². The molecule has 0 bridgehead atoms. The maximum atomic E-state index is 11.7. The van der Waals surface area contributed by atoms with Gasteiger partial charge in [0.2, 0.25) is 5.91 Å². The Morgan fingerprint density at radius 3 is 2.58 bits per heavy atom. The Morgan fingerprint density at radius 1 is 1.32 bits per heavy atom. The van der Waals surface area contributed by atoms with Gasteiger partial charge < -0.3 is 0 Å². The van der Waals surface area contributed by atoms with E-state index in [-0.39, 0.29) is 5.91 Å². The average molecular weight is 313 g/mol. The molecule has 0 fully saturated rings. The Labute approximate surface area is 124 Å². The molecule has 1 amide bonds. The molecule has 0 unspecified atom stereocenters. The van der Waals surface area contributed by atoms with Gasteiger partial charge in [0.1, 0.15) is 0 Å². The molecule has 0 spiro atoms. The highest BCUT2D eigenvalue weighted by Gasteiger charge is 2.02. The van der Waals surface area contributed by atoms with Crippen molar-refractivity contribution in [2.45, 2.75) is 6.92 Å². The summed E-state index contributed by atoms with van der Waals surface area (Å²) in [6, 6.07) is 5.09. The van der Waals surface area contributed by atoms with Gasteiger partial charge in [-0.05, 0) is 36.8 Å². The van der Waals surface area contributed by atoms with E-state index in [1.807, 2.05) is 6.92 Å². The normalized spacial score (nSPS) is 10.9. The fourth-order valence-electron chi connectivity index (χ4n) is 1.40. The summed E-state index contributed by atoms with van der Waals surface area (Å²) in [5.74, 6) is -0.245. The molecule has 2 rings (SSSR count). The van der Waals surface area contributed by atoms with E-state index in [0.29, 0.717) is 15.2 Å². The molecule has 98 valence electrons. The van der Waals surface area contributed by atoms with Gasteiger partial charge in [-0.2, -0.15) is 0 Å². The van der Waals surface area contributed by atoms with Crippen molar-refractivity contribution >= 4 is 51.7 Å². The van der Waals surface area contributed by atoms with Crippen LogP contribution in [0.25, 0.3) is 6.08 Å². The summed E-state index contributed by atoms with van der Waals surface area (Å²) in [5, 5.41) is 4.32. The number of anilines is 1. The van der Waals surface area contributed by atoms with E-state index in [0.717, 1.165) is 10.4 Å². The van der Waals surface area contributed by atoms with Crippen molar-refractivity contribution in [3.05, 3.63) is 51.0 Å². The van der Waals surface area contributed by atoms with E-state index >= 15 is 0 Å². The van der Waals surface area contributed by atoms with Crippen LogP contribution in [0.2, 0.25) is 10.0 Å². The number of rotatable bonds is 3. The zero-order valence-electron chi connectivity index (χ0n) is 9.98. The standard InChI is InChI=1S/C13H10Cl2N2OS/c1-8-7-16-13(19-8)17-12(18)3-2-9-4-10(14)6-11(15)5-9/h2-7H,1H3,(H,16,17,18)/b3-2+. The molecule has 0 aliphatic rings. The third kappa shape index (κ3) is 4.35. The fraction of sp³-hybridized carbons (Fsp3) is 0.0769. The summed E-state index contributed by atoms with van der Waals surface area (Å²) < 4.78 is 0. The maximum Gasteiger partial charge on any atom is 0.250 e. The van der Waals surface area contributed by atoms with E-state index in [1.54, 1.807) is 30.5 Å². The second-order valence-electron chi connectivity index (χ2n) is 3.80. The number of hydrogen-bond donors (Lipinski definition) is 1. The number of thiazole rings is 1. The van der Waals surface area contributed by atoms with Gasteiger partial charge in [-0.15, -0.1) is 11.3 Å². The Morgan fingerprint density at radius 2 is 2.00 bits per heavy atom. The van der Waals surface area contributed by atoms with Crippen LogP contribution >= 0.6 is 34.5 Å². The summed E-state index contributed by atoms with van der Waals surface area (Å²) in [5.41, 5.74) is 0.767. The molecule has 6 heteroatoms. The molecule has 0 aliphatic heterocycles. The first-order valence-electron chi connectivity index (χ1n) is 5.40. The molecule has 0 saturated heterocycles. The van der Waals surface area contributed by atoms with Crippen molar-refractivity contribution in [3.8, 4) is 0 Å². The number of amides is 1. The Kier molecular flexibility index (Phi) is 4.58. The summed E-state index contributed by atoms with van der Waals surface area (Å²) >= 11 is 13.2. The lowest BCUT2D eigenvalue weighted by atomic mass is 10.2. The largest absolute Gasteiger partial charge is 0.298 e. The molecule has 0 aliphatic carbocycles. The molecular weight excluding hydrogens is 303 g/mol. The van der Waals surface area contributed by atoms with Gasteiger partial charge >= 0.3 is 0 Å². The minimum atomic E-state index is -0.245. The van der Waals surface area contributed by atoms with E-state index < -0.39 is 0 Å². The first-order valence-corrected chi connectivity index (χ1v) is 6.98. The van der Waals surface area contributed by atoms with Crippen molar-refractivity contribution < 1.29 is 4.79 Å². The Hall–Kier alpha value is -1.36. The van der Waals surface area contributed by atoms with Crippen LogP contribution in [0.4, 0.5) is 5.13 Å².